The van der Waals surface area contributed by atoms with E-state index in [0.717, 1.165) is 0 Å². The van der Waals surface area contributed by atoms with Crippen molar-refractivity contribution in [1.82, 2.24) is 0 Å². The van der Waals surface area contributed by atoms with Crippen LogP contribution < -0.4 is 34.7 Å². The molecule has 61 heavy (non-hydrogen) atoms. The van der Waals surface area contributed by atoms with Gasteiger partial charge in [-0.15, -0.1) is 23.2 Å². The minimum absolute atomic E-state index is 0. The molecule has 13 nitrogen and oxygen atoms in total. The summed E-state index contributed by atoms with van der Waals surface area (Å²) in [6.07, 6.45) is -36.1. The molecule has 0 heterocycles. The number of aliphatic hydroxyl groups excluding tert-OH is 1. The Bertz CT molecular complexity index is 1380. The first-order valence-corrected chi connectivity index (χ1v) is 15.1. The van der Waals surface area contributed by atoms with E-state index < -0.39 is 115 Å². The molecule has 0 fully saturated rings. The van der Waals surface area contributed by atoms with Crippen molar-refractivity contribution >= 4 is 63.9 Å². The first-order valence-electron chi connectivity index (χ1n) is 13.6. The molecule has 35 heteroatoms. The molecule has 0 rings (SSSR count). The number of carboxylic acids is 1. The van der Waals surface area contributed by atoms with Crippen LogP contribution in [0.15, 0.2) is 24.3 Å². The fourth-order valence-electron chi connectivity index (χ4n) is 1.69. The molecule has 0 aromatic heterocycles. The Hall–Kier alpha value is -2.52. The molecule has 0 aliphatic carbocycles. The first-order chi connectivity index (χ1) is 26.1. The fraction of sp³-hybridized carbons (Fsp3) is 0.654. The summed E-state index contributed by atoms with van der Waals surface area (Å²) in [5, 5.41) is 41.8. The van der Waals surface area contributed by atoms with Gasteiger partial charge in [0, 0.05) is 5.57 Å². The zero-order valence-electron chi connectivity index (χ0n) is 30.1. The largest absolute Gasteiger partial charge is 1.00 e. The monoisotopic (exact) mass is 1020 g/mol. The van der Waals surface area contributed by atoms with Crippen LogP contribution in [0, 0.1) is 0 Å². The second-order valence-corrected chi connectivity index (χ2v) is 11.0. The predicted octanol–water partition coefficient (Wildman–Crippen LogP) is 1.27. The van der Waals surface area contributed by atoms with Gasteiger partial charge in [0.15, 0.2) is 6.61 Å². The second kappa shape index (κ2) is 27.6. The van der Waals surface area contributed by atoms with Crippen molar-refractivity contribution < 1.29 is 172 Å². The molecule has 4 N–H and O–H groups in total. The molecule has 0 bridgehead atoms. The van der Waals surface area contributed by atoms with Crippen LogP contribution in [0.2, 0.25) is 0 Å². The molecule has 0 aromatic carbocycles. The number of aliphatic hydroxyl groups is 4. The Kier molecular flexibility index (Phi) is 31.8. The quantitative estimate of drug-likeness (QED) is 0.0437. The Morgan fingerprint density at radius 1 is 0.541 bits per heavy atom. The van der Waals surface area contributed by atoms with E-state index in [1.165, 1.54) is 13.8 Å². The number of alkyl halides is 20. The van der Waals surface area contributed by atoms with Crippen LogP contribution in [0.25, 0.3) is 0 Å². The molecule has 0 saturated heterocycles. The van der Waals surface area contributed by atoms with Gasteiger partial charge in [-0.2, -0.15) is 79.0 Å². The van der Waals surface area contributed by atoms with Crippen LogP contribution in [0.5, 0.6) is 0 Å². The van der Waals surface area contributed by atoms with Crippen molar-refractivity contribution in [2.45, 2.75) is 67.7 Å². The van der Waals surface area contributed by atoms with Gasteiger partial charge in [0.1, 0.15) is 19.1 Å². The minimum atomic E-state index is -6.11. The van der Waals surface area contributed by atoms with E-state index in [9.17, 15) is 108 Å². The van der Waals surface area contributed by atoms with Crippen LogP contribution in [0.3, 0.4) is 0 Å². The van der Waals surface area contributed by atoms with Crippen LogP contribution >= 0.6 is 34.8 Å². The summed E-state index contributed by atoms with van der Waals surface area (Å²) >= 11 is 14.3. The summed E-state index contributed by atoms with van der Waals surface area (Å²) in [6.45, 7) is 0.421. The Morgan fingerprint density at radius 2 is 0.787 bits per heavy atom. The SMILES string of the molecule is C=C(C)C(=O)OCC(=O)OCC(O)(C(F)(F)F)C(F)(F)F.C=C(C)C(=O)[O-].O=C(CCl)OCC(O)(C(F)(F)F)C(F)(F)F.O=C(Cl)CCl.OCC(O)(C(F)(F)F)C(F)(F)F.[Na+]. The van der Waals surface area contributed by atoms with Gasteiger partial charge >= 0.3 is 84.5 Å². The van der Waals surface area contributed by atoms with Crippen molar-refractivity contribution in [1.29, 1.82) is 0 Å². The van der Waals surface area contributed by atoms with Crippen LogP contribution in [0.1, 0.15) is 13.8 Å². The number of aliphatic carboxylic acids is 1. The van der Waals surface area contributed by atoms with Crippen molar-refractivity contribution in [2.24, 2.45) is 0 Å². The zero-order valence-corrected chi connectivity index (χ0v) is 34.3. The van der Waals surface area contributed by atoms with E-state index >= 15 is 0 Å². The number of hydrogen-bond acceptors (Lipinski definition) is 13. The third-order valence-electron chi connectivity index (χ3n) is 5.16. The maximum Gasteiger partial charge on any atom is 1.00 e. The summed E-state index contributed by atoms with van der Waals surface area (Å²) in [5.74, 6) is -6.50. The van der Waals surface area contributed by atoms with Crippen molar-refractivity contribution in [3.05, 3.63) is 24.3 Å². The van der Waals surface area contributed by atoms with Gasteiger partial charge in [0.2, 0.25) is 5.24 Å². The van der Waals surface area contributed by atoms with Gasteiger partial charge in [0.05, 0.1) is 18.5 Å². The van der Waals surface area contributed by atoms with Crippen LogP contribution in [-0.4, -0.2) is 142 Å². The standard InChI is InChI=1S/C10H10F6O5.C6H5ClF6O3.C4H4F6O2.C4H6O2.C2H2Cl2O.Na/c1-5(2)7(18)20-3-6(17)21-4-8(19,9(11,12)13)10(14,15)16;7-1-3(14)16-2-4(15,5(8,9)10)6(11,12)13;5-3(6,7)2(12,1-11)4(8,9)10;1-3(2)4(5)6;3-1-2(4)5;/h19H,1,3-4H2,2H3;15H,1-2H2;11-12H,1H2;1H2,2H3,(H,5,6);1H2;/q;;;;;+1/p-1. The number of carbonyl (C=O) groups is 5. The van der Waals surface area contributed by atoms with Crippen molar-refractivity contribution in [3.63, 3.8) is 0 Å². The molecule has 0 atom stereocenters. The molecule has 0 spiro atoms. The molecule has 0 amide bonds. The number of esters is 3. The molecular formula is C26H26Cl3F18NaO13. The summed E-state index contributed by atoms with van der Waals surface area (Å²) in [4.78, 5) is 51.0. The number of carbonyl (C=O) groups excluding carboxylic acids is 5. The van der Waals surface area contributed by atoms with Gasteiger partial charge in [-0.1, -0.05) is 13.2 Å². The van der Waals surface area contributed by atoms with Gasteiger partial charge in [-0.25, -0.2) is 9.59 Å². The van der Waals surface area contributed by atoms with E-state index in [-0.39, 0.29) is 46.6 Å². The maximum absolute atomic E-state index is 12.2. The molecular weight excluding hydrogens is 992 g/mol. The summed E-state index contributed by atoms with van der Waals surface area (Å²) in [6, 6.07) is 0. The van der Waals surface area contributed by atoms with Crippen molar-refractivity contribution in [2.75, 3.05) is 38.2 Å². The number of carboxylic acid groups (broad SMARTS) is 1. The fourth-order valence-corrected chi connectivity index (χ4v) is 1.76. The molecule has 0 unspecified atom stereocenters. The predicted molar refractivity (Wildman–Crippen MR) is 158 cm³/mol. The smallest absolute Gasteiger partial charge is 0.545 e. The van der Waals surface area contributed by atoms with Gasteiger partial charge in [-0.05, 0) is 31.0 Å². The summed E-state index contributed by atoms with van der Waals surface area (Å²) < 4.78 is 225. The van der Waals surface area contributed by atoms with Gasteiger partial charge in [0.25, 0.3) is 16.8 Å². The van der Waals surface area contributed by atoms with Crippen molar-refractivity contribution in [3.8, 4) is 0 Å². The van der Waals surface area contributed by atoms with E-state index in [2.05, 4.69) is 27.4 Å². The average molecular weight is 1020 g/mol. The van der Waals surface area contributed by atoms with E-state index in [0.29, 0.717) is 0 Å². The van der Waals surface area contributed by atoms with E-state index in [4.69, 9.17) is 55.2 Å². The van der Waals surface area contributed by atoms with E-state index in [1.807, 2.05) is 0 Å². The number of halogens is 21. The molecule has 0 aliphatic rings. The topological polar surface area (TPSA) is 217 Å². The molecule has 0 aromatic rings. The van der Waals surface area contributed by atoms with E-state index in [1.54, 1.807) is 0 Å². The number of hydrogen-bond donors (Lipinski definition) is 4. The van der Waals surface area contributed by atoms with Crippen LogP contribution in [0.4, 0.5) is 79.0 Å². The normalized spacial score (nSPS) is 12.3. The molecule has 356 valence electrons. The Morgan fingerprint density at radius 3 is 0.934 bits per heavy atom. The number of ether oxygens (including phenoxy) is 3. The zero-order chi connectivity index (χ0) is 49.9. The molecule has 0 aliphatic heterocycles. The second-order valence-electron chi connectivity index (χ2n) is 10.1. The summed E-state index contributed by atoms with van der Waals surface area (Å²) in [5.41, 5.74) is -15.4. The first kappa shape index (κ1) is 70.2. The third kappa shape index (κ3) is 25.4. The third-order valence-corrected chi connectivity index (χ3v) is 5.89. The van der Waals surface area contributed by atoms with Gasteiger partial charge < -0.3 is 44.5 Å². The number of rotatable bonds is 11. The van der Waals surface area contributed by atoms with Crippen LogP contribution in [-0.2, 0) is 38.2 Å². The Balaban J connectivity index is -0.000000168. The average Bonchev–Trinajstić information content (AvgIpc) is 3.05. The maximum atomic E-state index is 12.2. The van der Waals surface area contributed by atoms with Gasteiger partial charge in [-0.3, -0.25) is 9.59 Å². The summed E-state index contributed by atoms with van der Waals surface area (Å²) in [7, 11) is 0. The Labute approximate surface area is 365 Å². The molecule has 0 saturated carbocycles. The molecule has 0 radical (unpaired) electrons. The minimum Gasteiger partial charge on any atom is -0.545 e.